The number of benzene rings is 2. The minimum Gasteiger partial charge on any atom is -0.340 e. The van der Waals surface area contributed by atoms with Crippen LogP contribution in [0.5, 0.6) is 0 Å². The third-order valence-corrected chi connectivity index (χ3v) is 8.26. The van der Waals surface area contributed by atoms with Gasteiger partial charge in [-0.2, -0.15) is 0 Å². The number of hydrogen-bond donors (Lipinski definition) is 0. The molecule has 1 aliphatic carbocycles. The minimum atomic E-state index is -1.47. The molecule has 1 unspecified atom stereocenters. The van der Waals surface area contributed by atoms with Gasteiger partial charge < -0.3 is 4.90 Å². The fourth-order valence-electron chi connectivity index (χ4n) is 6.14. The molecule has 0 spiro atoms. The van der Waals surface area contributed by atoms with Gasteiger partial charge in [0.05, 0.1) is 5.41 Å². The number of piperazine rings is 1. The Balaban J connectivity index is 1.33. The van der Waals surface area contributed by atoms with Crippen LogP contribution in [-0.4, -0.2) is 64.6 Å². The number of nitrogens with zero attached hydrogens (tertiary/aromatic N) is 3. The molecule has 2 aromatic rings. The number of rotatable bonds is 6. The summed E-state index contributed by atoms with van der Waals surface area (Å²) in [7, 11) is 0. The Morgan fingerprint density at radius 3 is 2.33 bits per heavy atom. The van der Waals surface area contributed by atoms with Crippen LogP contribution in [0.4, 0.5) is 4.39 Å². The second kappa shape index (κ2) is 10.1. The standard InChI is InChI=1S/C29H34FN3O3/c1-21-8-2-3-9-22(21)20-31-14-16-32(17-15-31)26(34)18-29(24-12-6-7-13-25(24)30)19-27(35)33(28(29)36)23-10-4-5-11-23/h2-3,6-9,12-13,23H,4-5,10-11,14-20H2,1H3. The van der Waals surface area contributed by atoms with Crippen LogP contribution < -0.4 is 0 Å². The first-order valence-corrected chi connectivity index (χ1v) is 13.1. The summed E-state index contributed by atoms with van der Waals surface area (Å²) in [4.78, 5) is 46.0. The molecule has 2 aliphatic heterocycles. The monoisotopic (exact) mass is 491 g/mol. The van der Waals surface area contributed by atoms with E-state index in [-0.39, 0.29) is 36.3 Å². The molecule has 1 atom stereocenters. The zero-order valence-corrected chi connectivity index (χ0v) is 20.9. The van der Waals surface area contributed by atoms with Gasteiger partial charge in [0.1, 0.15) is 5.82 Å². The van der Waals surface area contributed by atoms with Crippen molar-refractivity contribution in [3.63, 3.8) is 0 Å². The van der Waals surface area contributed by atoms with Crippen LogP contribution in [0.2, 0.25) is 0 Å². The van der Waals surface area contributed by atoms with E-state index >= 15 is 4.39 Å². The number of halogens is 1. The van der Waals surface area contributed by atoms with E-state index in [2.05, 4.69) is 24.0 Å². The van der Waals surface area contributed by atoms with Gasteiger partial charge in [-0.1, -0.05) is 55.3 Å². The molecule has 3 aliphatic rings. The molecule has 3 amide bonds. The highest BCUT2D eigenvalue weighted by Gasteiger charge is 2.56. The van der Waals surface area contributed by atoms with Crippen molar-refractivity contribution in [2.24, 2.45) is 0 Å². The van der Waals surface area contributed by atoms with Crippen molar-refractivity contribution in [1.82, 2.24) is 14.7 Å². The summed E-state index contributed by atoms with van der Waals surface area (Å²) in [6.45, 7) is 5.49. The van der Waals surface area contributed by atoms with Crippen molar-refractivity contribution in [3.05, 3.63) is 71.0 Å². The predicted molar refractivity (Wildman–Crippen MR) is 134 cm³/mol. The fraction of sp³-hybridized carbons (Fsp3) is 0.483. The lowest BCUT2D eigenvalue weighted by Gasteiger charge is -2.37. The van der Waals surface area contributed by atoms with Crippen LogP contribution in [-0.2, 0) is 26.3 Å². The minimum absolute atomic E-state index is 0.140. The first kappa shape index (κ1) is 24.6. The predicted octanol–water partition coefficient (Wildman–Crippen LogP) is 3.81. The van der Waals surface area contributed by atoms with E-state index in [1.807, 2.05) is 12.1 Å². The maximum atomic E-state index is 15.1. The molecule has 1 saturated carbocycles. The molecule has 0 aromatic heterocycles. The molecule has 0 N–H and O–H groups in total. The molecule has 190 valence electrons. The highest BCUT2D eigenvalue weighted by Crippen LogP contribution is 2.44. The van der Waals surface area contributed by atoms with Crippen LogP contribution in [0.15, 0.2) is 48.5 Å². The van der Waals surface area contributed by atoms with E-state index < -0.39 is 17.1 Å². The Labute approximate surface area is 212 Å². The van der Waals surface area contributed by atoms with Crippen LogP contribution in [0.3, 0.4) is 0 Å². The molecule has 2 saturated heterocycles. The fourth-order valence-corrected chi connectivity index (χ4v) is 6.14. The van der Waals surface area contributed by atoms with E-state index in [0.29, 0.717) is 13.1 Å². The van der Waals surface area contributed by atoms with Crippen molar-refractivity contribution in [2.75, 3.05) is 26.2 Å². The molecule has 7 heteroatoms. The normalized spacial score (nSPS) is 23.6. The van der Waals surface area contributed by atoms with E-state index in [4.69, 9.17) is 0 Å². The van der Waals surface area contributed by atoms with Crippen LogP contribution in [0, 0.1) is 12.7 Å². The lowest BCUT2D eigenvalue weighted by molar-refractivity contribution is -0.145. The summed E-state index contributed by atoms with van der Waals surface area (Å²) in [5.41, 5.74) is 1.22. The molecule has 0 bridgehead atoms. The second-order valence-corrected chi connectivity index (χ2v) is 10.5. The lowest BCUT2D eigenvalue weighted by Crippen LogP contribution is -2.51. The Morgan fingerprint density at radius 2 is 1.64 bits per heavy atom. The first-order valence-electron chi connectivity index (χ1n) is 13.1. The average molecular weight is 492 g/mol. The maximum Gasteiger partial charge on any atom is 0.241 e. The van der Waals surface area contributed by atoms with Crippen molar-refractivity contribution in [2.45, 2.75) is 63.5 Å². The van der Waals surface area contributed by atoms with Gasteiger partial charge in [0.15, 0.2) is 0 Å². The lowest BCUT2D eigenvalue weighted by atomic mass is 9.75. The third kappa shape index (κ3) is 4.57. The third-order valence-electron chi connectivity index (χ3n) is 8.26. The number of imide groups is 1. The quantitative estimate of drug-likeness (QED) is 0.577. The first-order chi connectivity index (χ1) is 17.4. The van der Waals surface area contributed by atoms with Crippen molar-refractivity contribution in [1.29, 1.82) is 0 Å². The number of carbonyl (C=O) groups is 3. The van der Waals surface area contributed by atoms with Crippen molar-refractivity contribution < 1.29 is 18.8 Å². The number of carbonyl (C=O) groups excluding carboxylic acids is 3. The Bertz CT molecular complexity index is 1150. The molecule has 5 rings (SSSR count). The van der Waals surface area contributed by atoms with Crippen LogP contribution >= 0.6 is 0 Å². The van der Waals surface area contributed by atoms with E-state index in [9.17, 15) is 14.4 Å². The SMILES string of the molecule is Cc1ccccc1CN1CCN(C(=O)CC2(c3ccccc3F)CC(=O)N(C3CCCC3)C2=O)CC1. The van der Waals surface area contributed by atoms with E-state index in [1.165, 1.54) is 22.1 Å². The Hall–Kier alpha value is -3.06. The molecule has 2 aromatic carbocycles. The van der Waals surface area contributed by atoms with Gasteiger partial charge in [0.2, 0.25) is 17.7 Å². The molecule has 0 radical (unpaired) electrons. The summed E-state index contributed by atoms with van der Waals surface area (Å²) in [6.07, 6.45) is 3.17. The van der Waals surface area contributed by atoms with Crippen molar-refractivity contribution >= 4 is 17.7 Å². The highest BCUT2D eigenvalue weighted by molar-refractivity contribution is 6.11. The van der Waals surface area contributed by atoms with E-state index in [0.717, 1.165) is 45.3 Å². The van der Waals surface area contributed by atoms with E-state index in [1.54, 1.807) is 23.1 Å². The summed E-state index contributed by atoms with van der Waals surface area (Å²) < 4.78 is 15.1. The van der Waals surface area contributed by atoms with Gasteiger partial charge in [0.25, 0.3) is 0 Å². The Kier molecular flexibility index (Phi) is 6.93. The molecule has 2 heterocycles. The number of likely N-dealkylation sites (tertiary alicyclic amines) is 1. The average Bonchev–Trinajstić information content (AvgIpc) is 3.48. The van der Waals surface area contributed by atoms with Gasteiger partial charge in [-0.15, -0.1) is 0 Å². The van der Waals surface area contributed by atoms with Gasteiger partial charge >= 0.3 is 0 Å². The molecular weight excluding hydrogens is 457 g/mol. The number of aryl methyl sites for hydroxylation is 1. The van der Waals surface area contributed by atoms with Gasteiger partial charge in [0, 0.05) is 57.2 Å². The maximum absolute atomic E-state index is 15.1. The molecule has 6 nitrogen and oxygen atoms in total. The molecule has 3 fully saturated rings. The van der Waals surface area contributed by atoms with Gasteiger partial charge in [-0.05, 0) is 37.0 Å². The number of hydrogen-bond acceptors (Lipinski definition) is 4. The summed E-state index contributed by atoms with van der Waals surface area (Å²) in [6, 6.07) is 14.3. The topological polar surface area (TPSA) is 60.9 Å². The summed E-state index contributed by atoms with van der Waals surface area (Å²) in [5, 5.41) is 0. The van der Waals surface area contributed by atoms with Crippen LogP contribution in [0.1, 0.15) is 55.2 Å². The second-order valence-electron chi connectivity index (χ2n) is 10.5. The van der Waals surface area contributed by atoms with Crippen molar-refractivity contribution in [3.8, 4) is 0 Å². The molecule has 36 heavy (non-hydrogen) atoms. The highest BCUT2D eigenvalue weighted by atomic mass is 19.1. The Morgan fingerprint density at radius 1 is 0.972 bits per heavy atom. The van der Waals surface area contributed by atoms with Crippen LogP contribution in [0.25, 0.3) is 0 Å². The smallest absolute Gasteiger partial charge is 0.241 e. The summed E-state index contributed by atoms with van der Waals surface area (Å²) in [5.74, 6) is -1.42. The largest absolute Gasteiger partial charge is 0.340 e. The van der Waals surface area contributed by atoms with Gasteiger partial charge in [-0.3, -0.25) is 24.2 Å². The zero-order valence-electron chi connectivity index (χ0n) is 20.9. The van der Waals surface area contributed by atoms with Gasteiger partial charge in [-0.25, -0.2) is 4.39 Å². The summed E-state index contributed by atoms with van der Waals surface area (Å²) >= 11 is 0. The number of amides is 3. The molecular formula is C29H34FN3O3. The zero-order chi connectivity index (χ0) is 25.3.